The van der Waals surface area contributed by atoms with E-state index in [-0.39, 0.29) is 27.8 Å². The quantitative estimate of drug-likeness (QED) is 0.358. The lowest BCUT2D eigenvalue weighted by Crippen LogP contribution is -2.35. The maximum absolute atomic E-state index is 13.5. The summed E-state index contributed by atoms with van der Waals surface area (Å²) >= 11 is 12.8. The second-order valence-corrected chi connectivity index (χ2v) is 11.7. The van der Waals surface area contributed by atoms with Gasteiger partial charge in [-0.15, -0.1) is 0 Å². The predicted octanol–water partition coefficient (Wildman–Crippen LogP) is 5.81. The summed E-state index contributed by atoms with van der Waals surface area (Å²) in [5, 5.41) is 26.9. The first-order valence-corrected chi connectivity index (χ1v) is 14.5. The van der Waals surface area contributed by atoms with Gasteiger partial charge in [0.25, 0.3) is 0 Å². The molecule has 2 aliphatic rings. The van der Waals surface area contributed by atoms with Gasteiger partial charge in [0.05, 0.1) is 22.5 Å². The molecule has 0 bridgehead atoms. The molecule has 1 aliphatic carbocycles. The van der Waals surface area contributed by atoms with Crippen molar-refractivity contribution in [1.29, 1.82) is 5.26 Å². The molecule has 0 aromatic heterocycles. The van der Waals surface area contributed by atoms with Crippen LogP contribution >= 0.6 is 23.2 Å². The molecule has 202 valence electrons. The molecule has 40 heavy (non-hydrogen) atoms. The normalized spacial score (nSPS) is 17.8. The van der Waals surface area contributed by atoms with Gasteiger partial charge in [-0.25, -0.2) is 18.5 Å². The van der Waals surface area contributed by atoms with Crippen LogP contribution in [-0.4, -0.2) is 25.5 Å². The summed E-state index contributed by atoms with van der Waals surface area (Å²) < 4.78 is 23.8. The van der Waals surface area contributed by atoms with Gasteiger partial charge in [0.2, 0.25) is 10.0 Å². The number of carbonyl (C=O) groups excluding carboxylic acids is 1. The summed E-state index contributed by atoms with van der Waals surface area (Å²) in [4.78, 5) is 19.8. The predicted molar refractivity (Wildman–Crippen MR) is 154 cm³/mol. The Bertz CT molecular complexity index is 1770. The van der Waals surface area contributed by atoms with Gasteiger partial charge >= 0.3 is 0 Å². The molecule has 8 nitrogen and oxygen atoms in total. The van der Waals surface area contributed by atoms with Crippen LogP contribution in [0.1, 0.15) is 36.3 Å². The Kier molecular flexibility index (Phi) is 7.53. The number of halogens is 2. The average molecular weight is 593 g/mol. The molecule has 1 aliphatic heterocycles. The third kappa shape index (κ3) is 5.15. The van der Waals surface area contributed by atoms with Crippen molar-refractivity contribution in [3.05, 3.63) is 111 Å². The standard InChI is InChI=1S/C29H22Cl2N4O4S/c30-18-8-13-21(23(31)14-18)27-22(15-32)29(34-16-17-4-1-2-6-25(17)36)35(24-5-3-7-26(37)28(24)27)19-9-11-20(12-10-19)40(33,38)39/h1-2,4,6,8-14,16,27,36H,3,5,7H2,(H2,33,38,39)/b34-16+. The number of sulfonamides is 1. The lowest BCUT2D eigenvalue weighted by molar-refractivity contribution is -0.116. The van der Waals surface area contributed by atoms with E-state index in [2.05, 4.69) is 11.1 Å². The zero-order valence-electron chi connectivity index (χ0n) is 20.9. The third-order valence-corrected chi connectivity index (χ3v) is 8.30. The summed E-state index contributed by atoms with van der Waals surface area (Å²) in [6.45, 7) is 0. The topological polar surface area (TPSA) is 137 Å². The van der Waals surface area contributed by atoms with Gasteiger partial charge in [-0.2, -0.15) is 5.26 Å². The minimum absolute atomic E-state index is 0.00438. The van der Waals surface area contributed by atoms with E-state index in [1.54, 1.807) is 53.4 Å². The number of nitrogens with two attached hydrogens (primary N) is 1. The maximum Gasteiger partial charge on any atom is 0.238 e. The molecular weight excluding hydrogens is 571 g/mol. The van der Waals surface area contributed by atoms with Gasteiger partial charge in [-0.3, -0.25) is 9.69 Å². The molecule has 0 spiro atoms. The fourth-order valence-corrected chi connectivity index (χ4v) is 6.04. The van der Waals surface area contributed by atoms with E-state index < -0.39 is 15.9 Å². The number of nitriles is 1. The smallest absolute Gasteiger partial charge is 0.238 e. The molecule has 0 saturated heterocycles. The van der Waals surface area contributed by atoms with E-state index >= 15 is 0 Å². The molecule has 1 atom stereocenters. The number of nitrogens with zero attached hydrogens (tertiary/aromatic N) is 3. The highest BCUT2D eigenvalue weighted by atomic mass is 35.5. The summed E-state index contributed by atoms with van der Waals surface area (Å²) in [6, 6.07) is 19.6. The zero-order valence-corrected chi connectivity index (χ0v) is 23.2. The number of aliphatic imine (C=N–C) groups is 1. The number of primary sulfonamides is 1. The summed E-state index contributed by atoms with van der Waals surface area (Å²) in [7, 11) is -3.95. The van der Waals surface area contributed by atoms with Crippen molar-refractivity contribution in [2.45, 2.75) is 30.1 Å². The van der Waals surface area contributed by atoms with Crippen LogP contribution in [0.4, 0.5) is 5.69 Å². The van der Waals surface area contributed by atoms with Crippen LogP contribution in [0.15, 0.2) is 99.3 Å². The fourth-order valence-electron chi connectivity index (χ4n) is 5.01. The number of hydrogen-bond donors (Lipinski definition) is 2. The number of phenolic OH excluding ortho intramolecular Hbond substituents is 1. The molecule has 11 heteroatoms. The van der Waals surface area contributed by atoms with Crippen LogP contribution in [0.3, 0.4) is 0 Å². The van der Waals surface area contributed by atoms with Crippen molar-refractivity contribution in [2.75, 3.05) is 4.90 Å². The lowest BCUT2D eigenvalue weighted by atomic mass is 9.75. The second-order valence-electron chi connectivity index (χ2n) is 9.28. The molecule has 0 saturated carbocycles. The lowest BCUT2D eigenvalue weighted by Gasteiger charge is -2.39. The van der Waals surface area contributed by atoms with Gasteiger partial charge < -0.3 is 5.11 Å². The minimum atomic E-state index is -3.95. The van der Waals surface area contributed by atoms with Gasteiger partial charge in [-0.05, 0) is 66.9 Å². The van der Waals surface area contributed by atoms with Crippen molar-refractivity contribution in [3.8, 4) is 11.8 Å². The number of phenols is 1. The molecule has 0 amide bonds. The van der Waals surface area contributed by atoms with Crippen LogP contribution in [-0.2, 0) is 14.8 Å². The highest BCUT2D eigenvalue weighted by Crippen LogP contribution is 2.49. The first-order chi connectivity index (χ1) is 19.1. The Morgan fingerprint density at radius 2 is 1.80 bits per heavy atom. The van der Waals surface area contributed by atoms with E-state index in [9.17, 15) is 23.6 Å². The molecule has 0 radical (unpaired) electrons. The Morgan fingerprint density at radius 1 is 1.07 bits per heavy atom. The molecular formula is C29H22Cl2N4O4S. The molecule has 3 N–H and O–H groups in total. The number of benzene rings is 3. The molecule has 1 heterocycles. The highest BCUT2D eigenvalue weighted by molar-refractivity contribution is 7.89. The van der Waals surface area contributed by atoms with Crippen molar-refractivity contribution in [2.24, 2.45) is 10.1 Å². The van der Waals surface area contributed by atoms with Crippen molar-refractivity contribution in [1.82, 2.24) is 0 Å². The summed E-state index contributed by atoms with van der Waals surface area (Å²) in [6.07, 6.45) is 2.80. The number of para-hydroxylation sites is 1. The number of ketones is 1. The zero-order chi connectivity index (χ0) is 28.6. The van der Waals surface area contributed by atoms with Crippen LogP contribution < -0.4 is 10.0 Å². The van der Waals surface area contributed by atoms with Gasteiger partial charge in [0.15, 0.2) is 11.6 Å². The minimum Gasteiger partial charge on any atom is -0.507 e. The Balaban J connectivity index is 1.80. The number of carbonyl (C=O) groups is 1. The maximum atomic E-state index is 13.5. The van der Waals surface area contributed by atoms with Crippen molar-refractivity contribution in [3.63, 3.8) is 0 Å². The fraction of sp³-hybridized carbons (Fsp3) is 0.138. The van der Waals surface area contributed by atoms with Crippen LogP contribution in [0.2, 0.25) is 10.0 Å². The second kappa shape index (κ2) is 10.9. The van der Waals surface area contributed by atoms with Gasteiger partial charge in [0, 0.05) is 45.2 Å². The number of allylic oxidation sites excluding steroid dienone is 3. The Hall–Kier alpha value is -3.94. The summed E-state index contributed by atoms with van der Waals surface area (Å²) in [5.74, 6) is -0.734. The van der Waals surface area contributed by atoms with E-state index in [1.165, 1.54) is 24.4 Å². The third-order valence-electron chi connectivity index (χ3n) is 6.81. The van der Waals surface area contributed by atoms with Crippen LogP contribution in [0, 0.1) is 11.3 Å². The Labute approximate surface area is 241 Å². The van der Waals surface area contributed by atoms with E-state index in [0.29, 0.717) is 57.4 Å². The largest absolute Gasteiger partial charge is 0.507 e. The molecule has 3 aromatic carbocycles. The Morgan fingerprint density at radius 3 is 2.45 bits per heavy atom. The summed E-state index contributed by atoms with van der Waals surface area (Å²) in [5.41, 5.74) is 2.62. The van der Waals surface area contributed by atoms with E-state index in [0.717, 1.165) is 0 Å². The van der Waals surface area contributed by atoms with E-state index in [1.807, 2.05) is 0 Å². The highest BCUT2D eigenvalue weighted by Gasteiger charge is 2.41. The monoisotopic (exact) mass is 592 g/mol. The number of aromatic hydroxyl groups is 1. The van der Waals surface area contributed by atoms with Crippen LogP contribution in [0.5, 0.6) is 5.75 Å². The number of Topliss-reactive ketones (excluding diaryl/α,β-unsaturated/α-hetero) is 1. The van der Waals surface area contributed by atoms with Gasteiger partial charge in [-0.1, -0.05) is 41.4 Å². The van der Waals surface area contributed by atoms with E-state index in [4.69, 9.17) is 28.3 Å². The molecule has 5 rings (SSSR count). The first kappa shape index (κ1) is 27.6. The number of rotatable bonds is 5. The van der Waals surface area contributed by atoms with Crippen LogP contribution in [0.25, 0.3) is 0 Å². The molecule has 0 fully saturated rings. The van der Waals surface area contributed by atoms with Crippen molar-refractivity contribution < 1.29 is 18.3 Å². The molecule has 3 aromatic rings. The SMILES string of the molecule is N#CC1=C(/N=C/c2ccccc2O)N(c2ccc(S(N)(=O)=O)cc2)C2=C(C(=O)CCC2)C1c1ccc(Cl)cc1Cl. The van der Waals surface area contributed by atoms with Gasteiger partial charge in [0.1, 0.15) is 5.75 Å². The number of hydrogen-bond acceptors (Lipinski definition) is 7. The first-order valence-electron chi connectivity index (χ1n) is 12.2. The average Bonchev–Trinajstić information content (AvgIpc) is 2.91. The van der Waals surface area contributed by atoms with Crippen molar-refractivity contribution >= 4 is 50.9 Å². The number of anilines is 1. The molecule has 1 unspecified atom stereocenters.